The van der Waals surface area contributed by atoms with Gasteiger partial charge < -0.3 is 14.2 Å². The van der Waals surface area contributed by atoms with Gasteiger partial charge in [-0.3, -0.25) is 0 Å². The van der Waals surface area contributed by atoms with Crippen molar-refractivity contribution in [1.29, 1.82) is 0 Å². The summed E-state index contributed by atoms with van der Waals surface area (Å²) in [6.07, 6.45) is 0.468. The second-order valence-corrected chi connectivity index (χ2v) is 7.57. The predicted octanol–water partition coefficient (Wildman–Crippen LogP) is 2.32. The number of rotatable bonds is 8. The Labute approximate surface area is 159 Å². The minimum absolute atomic E-state index is 0.0146. The van der Waals surface area contributed by atoms with E-state index in [1.165, 1.54) is 19.2 Å². The van der Waals surface area contributed by atoms with Gasteiger partial charge in [0.15, 0.2) is 11.5 Å². The predicted molar refractivity (Wildman–Crippen MR) is 101 cm³/mol. The Morgan fingerprint density at radius 3 is 2.33 bits per heavy atom. The molecule has 0 saturated heterocycles. The maximum atomic E-state index is 12.5. The van der Waals surface area contributed by atoms with Crippen molar-refractivity contribution in [2.45, 2.75) is 18.2 Å². The number of esters is 1. The van der Waals surface area contributed by atoms with Crippen LogP contribution in [0.2, 0.25) is 0 Å². The van der Waals surface area contributed by atoms with Gasteiger partial charge in [0, 0.05) is 6.54 Å². The molecule has 0 atom stereocenters. The molecule has 0 unspecified atom stereocenters. The lowest BCUT2D eigenvalue weighted by atomic mass is 10.1. The first-order chi connectivity index (χ1) is 12.8. The van der Waals surface area contributed by atoms with Gasteiger partial charge in [0.25, 0.3) is 0 Å². The van der Waals surface area contributed by atoms with Crippen molar-refractivity contribution in [1.82, 2.24) is 4.72 Å². The molecule has 7 nitrogen and oxygen atoms in total. The molecule has 2 rings (SSSR count). The van der Waals surface area contributed by atoms with Gasteiger partial charge in [-0.15, -0.1) is 0 Å². The van der Waals surface area contributed by atoms with Crippen LogP contribution in [0.3, 0.4) is 0 Å². The molecular formula is C19H23NO6S. The average Bonchev–Trinajstić information content (AvgIpc) is 2.67. The first-order valence-corrected chi connectivity index (χ1v) is 9.70. The van der Waals surface area contributed by atoms with E-state index in [1.54, 1.807) is 39.3 Å². The molecule has 1 N–H and O–H groups in total. The fourth-order valence-corrected chi connectivity index (χ4v) is 3.60. The van der Waals surface area contributed by atoms with E-state index in [-0.39, 0.29) is 17.0 Å². The highest BCUT2D eigenvalue weighted by Gasteiger charge is 2.18. The van der Waals surface area contributed by atoms with E-state index in [4.69, 9.17) is 9.47 Å². The maximum Gasteiger partial charge on any atom is 0.338 e. The summed E-state index contributed by atoms with van der Waals surface area (Å²) >= 11 is 0. The molecule has 2 aromatic carbocycles. The SMILES string of the molecule is COC(=O)c1cc(S(=O)(=O)NCCc2ccc(OC)c(OC)c2)ccc1C. The monoisotopic (exact) mass is 393 g/mol. The van der Waals surface area contributed by atoms with Gasteiger partial charge in [0.2, 0.25) is 10.0 Å². The molecule has 2 aromatic rings. The van der Waals surface area contributed by atoms with Crippen LogP contribution in [0.4, 0.5) is 0 Å². The third-order valence-electron chi connectivity index (χ3n) is 4.08. The minimum Gasteiger partial charge on any atom is -0.493 e. The Morgan fingerprint density at radius 2 is 1.70 bits per heavy atom. The second kappa shape index (κ2) is 8.88. The lowest BCUT2D eigenvalue weighted by Crippen LogP contribution is -2.26. The van der Waals surface area contributed by atoms with Crippen LogP contribution in [0.5, 0.6) is 11.5 Å². The maximum absolute atomic E-state index is 12.5. The van der Waals surface area contributed by atoms with Crippen LogP contribution in [0.1, 0.15) is 21.5 Å². The summed E-state index contributed by atoms with van der Waals surface area (Å²) in [6, 6.07) is 9.77. The van der Waals surface area contributed by atoms with Crippen molar-refractivity contribution >= 4 is 16.0 Å². The molecule has 146 valence electrons. The van der Waals surface area contributed by atoms with E-state index in [0.29, 0.717) is 23.5 Å². The zero-order chi connectivity index (χ0) is 20.0. The topological polar surface area (TPSA) is 90.9 Å². The number of nitrogens with one attached hydrogen (secondary N) is 1. The van der Waals surface area contributed by atoms with Gasteiger partial charge in [-0.2, -0.15) is 0 Å². The smallest absolute Gasteiger partial charge is 0.338 e. The molecule has 0 saturated carbocycles. The summed E-state index contributed by atoms with van der Waals surface area (Å²) < 4.78 is 42.7. The summed E-state index contributed by atoms with van der Waals surface area (Å²) in [6.45, 7) is 1.91. The van der Waals surface area contributed by atoms with Gasteiger partial charge in [0.05, 0.1) is 31.8 Å². The van der Waals surface area contributed by atoms with E-state index in [9.17, 15) is 13.2 Å². The largest absolute Gasteiger partial charge is 0.493 e. The quantitative estimate of drug-likeness (QED) is 0.692. The van der Waals surface area contributed by atoms with Crippen molar-refractivity contribution in [2.75, 3.05) is 27.9 Å². The van der Waals surface area contributed by atoms with Crippen molar-refractivity contribution in [2.24, 2.45) is 0 Å². The third kappa shape index (κ3) is 4.99. The molecular weight excluding hydrogens is 370 g/mol. The van der Waals surface area contributed by atoms with Crippen molar-refractivity contribution in [3.05, 3.63) is 53.1 Å². The lowest BCUT2D eigenvalue weighted by molar-refractivity contribution is 0.0599. The highest BCUT2D eigenvalue weighted by atomic mass is 32.2. The molecule has 0 aliphatic heterocycles. The number of sulfonamides is 1. The van der Waals surface area contributed by atoms with E-state index < -0.39 is 16.0 Å². The number of aryl methyl sites for hydroxylation is 1. The molecule has 0 amide bonds. The minimum atomic E-state index is -3.75. The van der Waals surface area contributed by atoms with Crippen LogP contribution in [-0.2, 0) is 21.2 Å². The Kier molecular flexibility index (Phi) is 6.81. The highest BCUT2D eigenvalue weighted by Crippen LogP contribution is 2.27. The normalized spacial score (nSPS) is 11.1. The van der Waals surface area contributed by atoms with Crippen LogP contribution in [0.15, 0.2) is 41.3 Å². The Bertz CT molecular complexity index is 924. The van der Waals surface area contributed by atoms with Gasteiger partial charge in [0.1, 0.15) is 0 Å². The van der Waals surface area contributed by atoms with Crippen LogP contribution in [0, 0.1) is 6.92 Å². The van der Waals surface area contributed by atoms with Crippen LogP contribution >= 0.6 is 0 Å². The van der Waals surface area contributed by atoms with Crippen LogP contribution < -0.4 is 14.2 Å². The van der Waals surface area contributed by atoms with Crippen molar-refractivity contribution in [3.63, 3.8) is 0 Å². The van der Waals surface area contributed by atoms with Crippen LogP contribution in [-0.4, -0.2) is 42.3 Å². The molecule has 27 heavy (non-hydrogen) atoms. The number of hydrogen-bond acceptors (Lipinski definition) is 6. The van der Waals surface area contributed by atoms with Gasteiger partial charge in [-0.1, -0.05) is 12.1 Å². The number of benzene rings is 2. The Morgan fingerprint density at radius 1 is 1.00 bits per heavy atom. The Hall–Kier alpha value is -2.58. The van der Waals surface area contributed by atoms with Crippen LogP contribution in [0.25, 0.3) is 0 Å². The molecule has 8 heteroatoms. The summed E-state index contributed by atoms with van der Waals surface area (Å²) in [5.74, 6) is 0.616. The number of carbonyl (C=O) groups is 1. The van der Waals surface area contributed by atoms with Gasteiger partial charge in [-0.05, 0) is 48.7 Å². The van der Waals surface area contributed by atoms with Gasteiger partial charge in [-0.25, -0.2) is 17.9 Å². The molecule has 0 radical (unpaired) electrons. The molecule has 0 aliphatic rings. The molecule has 0 spiro atoms. The van der Waals surface area contributed by atoms with E-state index >= 15 is 0 Å². The summed E-state index contributed by atoms with van der Waals surface area (Å²) in [7, 11) is 0.594. The fourth-order valence-electron chi connectivity index (χ4n) is 2.55. The molecule has 0 heterocycles. The summed E-state index contributed by atoms with van der Waals surface area (Å²) in [5, 5.41) is 0. The fraction of sp³-hybridized carbons (Fsp3) is 0.316. The highest BCUT2D eigenvalue weighted by molar-refractivity contribution is 7.89. The number of ether oxygens (including phenoxy) is 3. The molecule has 0 aromatic heterocycles. The van der Waals surface area contributed by atoms with Crippen molar-refractivity contribution < 1.29 is 27.4 Å². The zero-order valence-electron chi connectivity index (χ0n) is 15.7. The first kappa shape index (κ1) is 20.7. The second-order valence-electron chi connectivity index (χ2n) is 5.81. The third-order valence-corrected chi connectivity index (χ3v) is 5.54. The van der Waals surface area contributed by atoms with E-state index in [1.807, 2.05) is 6.07 Å². The number of carbonyl (C=O) groups excluding carboxylic acids is 1. The summed E-state index contributed by atoms with van der Waals surface area (Å²) in [4.78, 5) is 11.8. The van der Waals surface area contributed by atoms with Crippen molar-refractivity contribution in [3.8, 4) is 11.5 Å². The number of methoxy groups -OCH3 is 3. The zero-order valence-corrected chi connectivity index (χ0v) is 16.6. The average molecular weight is 393 g/mol. The van der Waals surface area contributed by atoms with Gasteiger partial charge >= 0.3 is 5.97 Å². The van der Waals surface area contributed by atoms with E-state index in [2.05, 4.69) is 9.46 Å². The number of hydrogen-bond donors (Lipinski definition) is 1. The Balaban J connectivity index is 2.10. The molecule has 0 fully saturated rings. The van der Waals surface area contributed by atoms with E-state index in [0.717, 1.165) is 5.56 Å². The standard InChI is InChI=1S/C19H23NO6S/c1-13-5-7-15(12-16(13)19(21)26-4)27(22,23)20-10-9-14-6-8-17(24-2)18(11-14)25-3/h5-8,11-12,20H,9-10H2,1-4H3. The molecule has 0 aliphatic carbocycles. The molecule has 0 bridgehead atoms. The first-order valence-electron chi connectivity index (χ1n) is 8.22. The lowest BCUT2D eigenvalue weighted by Gasteiger charge is -2.11. The summed E-state index contributed by atoms with van der Waals surface area (Å²) in [5.41, 5.74) is 1.76.